The molecule has 1 heterocycles. The standard InChI is InChI=1S/C16H23N3O3/c1-3-18(4-2)16(22)17-9-19-14(20)12-10-5-6-11(8-7-10)13(12)15(19)21/h5-6,10-13H,3-4,7-9H2,1-2H3,(H,17,22). The number of urea groups is 1. The quantitative estimate of drug-likeness (QED) is 0.626. The van der Waals surface area contributed by atoms with Gasteiger partial charge in [0.05, 0.1) is 11.8 Å². The average Bonchev–Trinajstić information content (AvgIpc) is 2.81. The summed E-state index contributed by atoms with van der Waals surface area (Å²) in [6, 6.07) is -0.235. The largest absolute Gasteiger partial charge is 0.325 e. The molecular weight excluding hydrogens is 282 g/mol. The Morgan fingerprint density at radius 2 is 1.64 bits per heavy atom. The van der Waals surface area contributed by atoms with Crippen LogP contribution in [-0.2, 0) is 9.59 Å². The van der Waals surface area contributed by atoms with Crippen molar-refractivity contribution in [2.45, 2.75) is 26.7 Å². The number of carbonyl (C=O) groups is 3. The molecule has 0 aromatic carbocycles. The predicted molar refractivity (Wildman–Crippen MR) is 80.5 cm³/mol. The number of carbonyl (C=O) groups excluding carboxylic acids is 3. The molecule has 4 amide bonds. The third-order valence-corrected chi connectivity index (χ3v) is 5.29. The Kier molecular flexibility index (Phi) is 3.93. The first kappa shape index (κ1) is 15.1. The summed E-state index contributed by atoms with van der Waals surface area (Å²) in [7, 11) is 0. The van der Waals surface area contributed by atoms with Gasteiger partial charge in [-0.05, 0) is 38.5 Å². The summed E-state index contributed by atoms with van der Waals surface area (Å²) in [6.45, 7) is 4.98. The van der Waals surface area contributed by atoms with Gasteiger partial charge >= 0.3 is 6.03 Å². The van der Waals surface area contributed by atoms with Gasteiger partial charge in [0.2, 0.25) is 11.8 Å². The Labute approximate surface area is 130 Å². The Morgan fingerprint density at radius 1 is 1.14 bits per heavy atom. The van der Waals surface area contributed by atoms with Crippen molar-refractivity contribution < 1.29 is 14.4 Å². The SMILES string of the molecule is CCN(CC)C(=O)NCN1C(=O)C2C3C=CC(CC3)C2C1=O. The van der Waals surface area contributed by atoms with Crippen LogP contribution < -0.4 is 5.32 Å². The first-order valence-electron chi connectivity index (χ1n) is 8.14. The van der Waals surface area contributed by atoms with Crippen molar-refractivity contribution in [2.24, 2.45) is 23.7 Å². The lowest BCUT2D eigenvalue weighted by atomic mass is 9.63. The fraction of sp³-hybridized carbons (Fsp3) is 0.688. The molecular formula is C16H23N3O3. The average molecular weight is 305 g/mol. The number of allylic oxidation sites excluding steroid dienone is 2. The van der Waals surface area contributed by atoms with Crippen LogP contribution in [0.25, 0.3) is 0 Å². The monoisotopic (exact) mass is 305 g/mol. The van der Waals surface area contributed by atoms with Crippen molar-refractivity contribution in [3.63, 3.8) is 0 Å². The van der Waals surface area contributed by atoms with E-state index in [4.69, 9.17) is 0 Å². The van der Waals surface area contributed by atoms with E-state index in [-0.39, 0.29) is 48.2 Å². The van der Waals surface area contributed by atoms with Crippen molar-refractivity contribution in [3.05, 3.63) is 12.2 Å². The predicted octanol–water partition coefficient (Wildman–Crippen LogP) is 1.19. The number of rotatable bonds is 4. The lowest BCUT2D eigenvalue weighted by Gasteiger charge is -2.38. The van der Waals surface area contributed by atoms with E-state index in [1.807, 2.05) is 13.8 Å². The number of nitrogens with zero attached hydrogens (tertiary/aromatic N) is 2. The second kappa shape index (κ2) is 5.74. The minimum atomic E-state index is -0.235. The maximum atomic E-state index is 12.6. The zero-order valence-corrected chi connectivity index (χ0v) is 13.1. The summed E-state index contributed by atoms with van der Waals surface area (Å²) in [5, 5.41) is 2.70. The highest BCUT2D eigenvalue weighted by Gasteiger charge is 2.56. The highest BCUT2D eigenvalue weighted by atomic mass is 16.2. The van der Waals surface area contributed by atoms with Crippen LogP contribution in [0, 0.1) is 23.7 Å². The molecule has 120 valence electrons. The fourth-order valence-corrected chi connectivity index (χ4v) is 4.06. The van der Waals surface area contributed by atoms with Crippen molar-refractivity contribution in [1.29, 1.82) is 0 Å². The number of hydrogen-bond donors (Lipinski definition) is 1. The zero-order valence-electron chi connectivity index (χ0n) is 13.1. The van der Waals surface area contributed by atoms with E-state index in [9.17, 15) is 14.4 Å². The molecule has 4 aliphatic rings. The van der Waals surface area contributed by atoms with Gasteiger partial charge in [0.25, 0.3) is 0 Å². The molecule has 4 atom stereocenters. The summed E-state index contributed by atoms with van der Waals surface area (Å²) in [4.78, 5) is 40.0. The Hall–Kier alpha value is -1.85. The number of fused-ring (bicyclic) bond motifs is 1. The second-order valence-corrected chi connectivity index (χ2v) is 6.26. The summed E-state index contributed by atoms with van der Waals surface area (Å²) >= 11 is 0. The fourth-order valence-electron chi connectivity index (χ4n) is 4.06. The van der Waals surface area contributed by atoms with Crippen LogP contribution in [0.5, 0.6) is 0 Å². The van der Waals surface area contributed by atoms with Crippen molar-refractivity contribution >= 4 is 17.8 Å². The first-order valence-corrected chi connectivity index (χ1v) is 8.14. The molecule has 0 radical (unpaired) electrons. The topological polar surface area (TPSA) is 69.7 Å². The van der Waals surface area contributed by atoms with Gasteiger partial charge in [0.1, 0.15) is 6.67 Å². The summed E-state index contributed by atoms with van der Waals surface area (Å²) < 4.78 is 0. The molecule has 1 saturated heterocycles. The van der Waals surface area contributed by atoms with Crippen LogP contribution in [-0.4, -0.2) is 47.4 Å². The molecule has 2 fully saturated rings. The summed E-state index contributed by atoms with van der Waals surface area (Å²) in [6.07, 6.45) is 6.17. The number of likely N-dealkylation sites (tertiary alicyclic amines) is 1. The molecule has 22 heavy (non-hydrogen) atoms. The van der Waals surface area contributed by atoms with E-state index in [0.717, 1.165) is 12.8 Å². The second-order valence-electron chi connectivity index (χ2n) is 6.26. The van der Waals surface area contributed by atoms with E-state index in [1.54, 1.807) is 4.90 Å². The number of hydrogen-bond acceptors (Lipinski definition) is 3. The van der Waals surface area contributed by atoms with Crippen LogP contribution in [0.1, 0.15) is 26.7 Å². The van der Waals surface area contributed by atoms with Crippen molar-refractivity contribution in [3.8, 4) is 0 Å². The van der Waals surface area contributed by atoms with Crippen molar-refractivity contribution in [2.75, 3.05) is 19.8 Å². The van der Waals surface area contributed by atoms with Gasteiger partial charge in [-0.1, -0.05) is 12.2 Å². The van der Waals surface area contributed by atoms with Crippen LogP contribution in [0.2, 0.25) is 0 Å². The third kappa shape index (κ3) is 2.21. The number of amides is 4. The normalized spacial score (nSPS) is 32.4. The first-order chi connectivity index (χ1) is 10.6. The molecule has 0 aromatic heterocycles. The molecule has 6 heteroatoms. The zero-order chi connectivity index (χ0) is 15.9. The smallest absolute Gasteiger partial charge is 0.318 e. The highest BCUT2D eigenvalue weighted by molar-refractivity contribution is 6.06. The van der Waals surface area contributed by atoms with Gasteiger partial charge in [-0.2, -0.15) is 0 Å². The molecule has 2 bridgehead atoms. The summed E-state index contributed by atoms with van der Waals surface area (Å²) in [5.74, 6) is -0.268. The number of nitrogens with one attached hydrogen (secondary N) is 1. The van der Waals surface area contributed by atoms with Crippen LogP contribution in [0.3, 0.4) is 0 Å². The Morgan fingerprint density at radius 3 is 2.05 bits per heavy atom. The lowest BCUT2D eigenvalue weighted by molar-refractivity contribution is -0.140. The van der Waals surface area contributed by atoms with E-state index in [1.165, 1.54) is 4.90 Å². The minimum absolute atomic E-state index is 0.0144. The molecule has 4 rings (SSSR count). The molecule has 3 aliphatic carbocycles. The minimum Gasteiger partial charge on any atom is -0.325 e. The molecule has 1 saturated carbocycles. The lowest BCUT2D eigenvalue weighted by Crippen LogP contribution is -2.47. The van der Waals surface area contributed by atoms with Gasteiger partial charge in [-0.15, -0.1) is 0 Å². The maximum absolute atomic E-state index is 12.6. The van der Waals surface area contributed by atoms with Gasteiger partial charge < -0.3 is 10.2 Å². The Balaban J connectivity index is 1.68. The van der Waals surface area contributed by atoms with Gasteiger partial charge in [-0.3, -0.25) is 14.5 Å². The van der Waals surface area contributed by atoms with Gasteiger partial charge in [-0.25, -0.2) is 4.79 Å². The van der Waals surface area contributed by atoms with Crippen LogP contribution >= 0.6 is 0 Å². The summed E-state index contributed by atoms with van der Waals surface area (Å²) in [5.41, 5.74) is 0. The van der Waals surface area contributed by atoms with Crippen LogP contribution in [0.15, 0.2) is 12.2 Å². The molecule has 0 spiro atoms. The van der Waals surface area contributed by atoms with Crippen LogP contribution in [0.4, 0.5) is 4.79 Å². The molecule has 0 aromatic rings. The van der Waals surface area contributed by atoms with E-state index in [2.05, 4.69) is 17.5 Å². The Bertz CT molecular complexity index is 495. The molecule has 1 aliphatic heterocycles. The highest BCUT2D eigenvalue weighted by Crippen LogP contribution is 2.49. The van der Waals surface area contributed by atoms with E-state index in [0.29, 0.717) is 13.1 Å². The number of imide groups is 1. The maximum Gasteiger partial charge on any atom is 0.318 e. The van der Waals surface area contributed by atoms with E-state index < -0.39 is 0 Å². The van der Waals surface area contributed by atoms with Gasteiger partial charge in [0, 0.05) is 13.1 Å². The third-order valence-electron chi connectivity index (χ3n) is 5.29. The molecule has 6 nitrogen and oxygen atoms in total. The molecule has 4 unspecified atom stereocenters. The van der Waals surface area contributed by atoms with Crippen molar-refractivity contribution in [1.82, 2.24) is 15.1 Å². The van der Waals surface area contributed by atoms with Gasteiger partial charge in [0.15, 0.2) is 0 Å². The van der Waals surface area contributed by atoms with E-state index >= 15 is 0 Å². The molecule has 1 N–H and O–H groups in total.